The largest absolute Gasteiger partial charge is 0.353 e. The highest BCUT2D eigenvalue weighted by Crippen LogP contribution is 2.28. The molecule has 2 aliphatic rings. The summed E-state index contributed by atoms with van der Waals surface area (Å²) in [4.78, 5) is 21.0. The number of carbonyl (C=O) groups excluding carboxylic acids is 1. The summed E-state index contributed by atoms with van der Waals surface area (Å²) in [5.41, 5.74) is 0.771. The van der Waals surface area contributed by atoms with Crippen molar-refractivity contribution in [2.45, 2.75) is 25.7 Å². The molecule has 25 heavy (non-hydrogen) atoms. The van der Waals surface area contributed by atoms with E-state index in [1.165, 1.54) is 6.42 Å². The van der Waals surface area contributed by atoms with E-state index in [9.17, 15) is 4.79 Å². The number of anilines is 1. The van der Waals surface area contributed by atoms with Gasteiger partial charge < -0.3 is 14.4 Å². The van der Waals surface area contributed by atoms with Gasteiger partial charge in [0.2, 0.25) is 5.91 Å². The smallest absolute Gasteiger partial charge is 0.225 e. The van der Waals surface area contributed by atoms with E-state index < -0.39 is 0 Å². The van der Waals surface area contributed by atoms with Gasteiger partial charge in [-0.15, -0.1) is 10.2 Å². The van der Waals surface area contributed by atoms with Crippen LogP contribution in [0.2, 0.25) is 0 Å². The van der Waals surface area contributed by atoms with Gasteiger partial charge in [-0.05, 0) is 31.4 Å². The summed E-state index contributed by atoms with van der Waals surface area (Å²) in [6.45, 7) is 3.35. The van der Waals surface area contributed by atoms with Gasteiger partial charge in [0.1, 0.15) is 5.69 Å². The van der Waals surface area contributed by atoms with Gasteiger partial charge in [-0.3, -0.25) is 4.79 Å². The van der Waals surface area contributed by atoms with Crippen LogP contribution in [0.25, 0.3) is 11.5 Å². The van der Waals surface area contributed by atoms with Gasteiger partial charge in [-0.1, -0.05) is 6.42 Å². The Kier molecular flexibility index (Phi) is 4.38. The van der Waals surface area contributed by atoms with Crippen molar-refractivity contribution < 1.29 is 4.79 Å². The molecule has 0 bridgehead atoms. The maximum Gasteiger partial charge on any atom is 0.225 e. The van der Waals surface area contributed by atoms with E-state index in [4.69, 9.17) is 0 Å². The van der Waals surface area contributed by atoms with Gasteiger partial charge in [0.25, 0.3) is 0 Å². The molecule has 1 saturated heterocycles. The van der Waals surface area contributed by atoms with Crippen LogP contribution in [0, 0.1) is 5.92 Å². The van der Waals surface area contributed by atoms with Gasteiger partial charge in [0, 0.05) is 51.5 Å². The maximum atomic E-state index is 12.5. The zero-order valence-electron chi connectivity index (χ0n) is 14.6. The van der Waals surface area contributed by atoms with Crippen LogP contribution in [0.4, 0.5) is 5.82 Å². The summed E-state index contributed by atoms with van der Waals surface area (Å²) in [5, 5.41) is 8.73. The summed E-state index contributed by atoms with van der Waals surface area (Å²) in [7, 11) is 1.94. The number of rotatable bonds is 3. The van der Waals surface area contributed by atoms with Gasteiger partial charge in [-0.25, -0.2) is 4.98 Å². The Hall–Kier alpha value is -2.44. The standard InChI is InChI=1S/C18H24N6O/c1-22-11-8-19-17(22)15-6-7-16(21-20-15)23-9-3-10-24(13-12-23)18(25)14-4-2-5-14/h6-8,11,14H,2-5,9-10,12-13H2,1H3. The van der Waals surface area contributed by atoms with Gasteiger partial charge in [0.05, 0.1) is 0 Å². The van der Waals surface area contributed by atoms with Gasteiger partial charge >= 0.3 is 0 Å². The molecule has 0 atom stereocenters. The first-order valence-corrected chi connectivity index (χ1v) is 9.07. The van der Waals surface area contributed by atoms with Crippen molar-refractivity contribution in [3.8, 4) is 11.5 Å². The van der Waals surface area contributed by atoms with Crippen LogP contribution in [0.3, 0.4) is 0 Å². The van der Waals surface area contributed by atoms with Crippen molar-refractivity contribution in [3.05, 3.63) is 24.5 Å². The number of amides is 1. The molecule has 0 unspecified atom stereocenters. The normalized spacial score (nSPS) is 18.8. The summed E-state index contributed by atoms with van der Waals surface area (Å²) < 4.78 is 1.93. The Morgan fingerprint density at radius 2 is 1.96 bits per heavy atom. The fourth-order valence-corrected chi connectivity index (χ4v) is 3.51. The average molecular weight is 340 g/mol. The number of aryl methyl sites for hydroxylation is 1. The number of imidazole rings is 1. The SMILES string of the molecule is Cn1ccnc1-c1ccc(N2CCCN(C(=O)C3CCC3)CC2)nn1. The second-order valence-corrected chi connectivity index (χ2v) is 6.93. The average Bonchev–Trinajstić information content (AvgIpc) is 2.86. The lowest BCUT2D eigenvalue weighted by atomic mass is 9.84. The lowest BCUT2D eigenvalue weighted by molar-refractivity contribution is -0.137. The lowest BCUT2D eigenvalue weighted by Crippen LogP contribution is -2.41. The zero-order chi connectivity index (χ0) is 17.2. The van der Waals surface area contributed by atoms with Crippen LogP contribution >= 0.6 is 0 Å². The minimum Gasteiger partial charge on any atom is -0.353 e. The molecule has 7 nitrogen and oxygen atoms in total. The molecule has 1 aliphatic carbocycles. The second-order valence-electron chi connectivity index (χ2n) is 6.93. The fourth-order valence-electron chi connectivity index (χ4n) is 3.51. The molecule has 0 aromatic carbocycles. The predicted molar refractivity (Wildman–Crippen MR) is 95.0 cm³/mol. The minimum absolute atomic E-state index is 0.281. The van der Waals surface area contributed by atoms with Crippen molar-refractivity contribution in [3.63, 3.8) is 0 Å². The number of hydrogen-bond donors (Lipinski definition) is 0. The van der Waals surface area contributed by atoms with Crippen molar-refractivity contribution in [2.75, 3.05) is 31.1 Å². The third kappa shape index (κ3) is 3.23. The van der Waals surface area contributed by atoms with Gasteiger partial charge in [-0.2, -0.15) is 0 Å². The Labute approximate surface area is 147 Å². The van der Waals surface area contributed by atoms with E-state index in [2.05, 4.69) is 20.1 Å². The van der Waals surface area contributed by atoms with Crippen molar-refractivity contribution >= 4 is 11.7 Å². The molecule has 2 aromatic heterocycles. The van der Waals surface area contributed by atoms with Crippen molar-refractivity contribution in [1.29, 1.82) is 0 Å². The molecule has 2 fully saturated rings. The topological polar surface area (TPSA) is 67.2 Å². The first-order chi connectivity index (χ1) is 12.2. The highest BCUT2D eigenvalue weighted by atomic mass is 16.2. The molecule has 0 N–H and O–H groups in total. The number of nitrogens with zero attached hydrogens (tertiary/aromatic N) is 6. The molecule has 0 spiro atoms. The van der Waals surface area contributed by atoms with E-state index >= 15 is 0 Å². The lowest BCUT2D eigenvalue weighted by Gasteiger charge is -2.31. The highest BCUT2D eigenvalue weighted by Gasteiger charge is 2.30. The minimum atomic E-state index is 0.281. The molecule has 132 valence electrons. The predicted octanol–water partition coefficient (Wildman–Crippen LogP) is 1.72. The summed E-state index contributed by atoms with van der Waals surface area (Å²) in [6, 6.07) is 3.97. The van der Waals surface area contributed by atoms with Crippen LogP contribution in [0.15, 0.2) is 24.5 Å². The van der Waals surface area contributed by atoms with E-state index in [1.807, 2.05) is 34.8 Å². The first-order valence-electron chi connectivity index (χ1n) is 9.07. The fraction of sp³-hybridized carbons (Fsp3) is 0.556. The maximum absolute atomic E-state index is 12.5. The van der Waals surface area contributed by atoms with Crippen molar-refractivity contribution in [1.82, 2.24) is 24.6 Å². The summed E-state index contributed by atoms with van der Waals surface area (Å²) in [6.07, 6.45) is 7.97. The Morgan fingerprint density at radius 1 is 1.08 bits per heavy atom. The first kappa shape index (κ1) is 16.1. The molecule has 2 aromatic rings. The number of carbonyl (C=O) groups is 1. The molecule has 1 aliphatic heterocycles. The van der Waals surface area contributed by atoms with Crippen LogP contribution in [-0.2, 0) is 11.8 Å². The third-order valence-electron chi connectivity index (χ3n) is 5.29. The quantitative estimate of drug-likeness (QED) is 0.851. The molecule has 4 rings (SSSR count). The summed E-state index contributed by atoms with van der Waals surface area (Å²) >= 11 is 0. The van der Waals surface area contributed by atoms with Crippen molar-refractivity contribution in [2.24, 2.45) is 13.0 Å². The Balaban J connectivity index is 1.42. The van der Waals surface area contributed by atoms with E-state index in [1.54, 1.807) is 6.20 Å². The van der Waals surface area contributed by atoms with E-state index in [0.29, 0.717) is 5.91 Å². The highest BCUT2D eigenvalue weighted by molar-refractivity contribution is 5.79. The molecule has 0 radical (unpaired) electrons. The molecular formula is C18H24N6O. The van der Waals surface area contributed by atoms with E-state index in [0.717, 1.165) is 62.8 Å². The zero-order valence-corrected chi connectivity index (χ0v) is 14.6. The second kappa shape index (κ2) is 6.82. The molecule has 3 heterocycles. The molecule has 1 saturated carbocycles. The number of hydrogen-bond acceptors (Lipinski definition) is 5. The molecular weight excluding hydrogens is 316 g/mol. The third-order valence-corrected chi connectivity index (χ3v) is 5.29. The van der Waals surface area contributed by atoms with Crippen LogP contribution in [0.5, 0.6) is 0 Å². The molecule has 7 heteroatoms. The monoisotopic (exact) mass is 340 g/mol. The van der Waals surface area contributed by atoms with Gasteiger partial charge in [0.15, 0.2) is 11.6 Å². The number of aromatic nitrogens is 4. The van der Waals surface area contributed by atoms with Crippen LogP contribution < -0.4 is 4.90 Å². The summed E-state index contributed by atoms with van der Waals surface area (Å²) in [5.74, 6) is 2.32. The molecule has 1 amide bonds. The van der Waals surface area contributed by atoms with Crippen LogP contribution in [0.1, 0.15) is 25.7 Å². The van der Waals surface area contributed by atoms with Crippen LogP contribution in [-0.4, -0.2) is 56.7 Å². The van der Waals surface area contributed by atoms with E-state index in [-0.39, 0.29) is 5.92 Å². The Morgan fingerprint density at radius 3 is 2.60 bits per heavy atom. The Bertz CT molecular complexity index is 736.